The number of methoxy groups -OCH3 is 1. The quantitative estimate of drug-likeness (QED) is 0.551. The fourth-order valence-electron chi connectivity index (χ4n) is 2.66. The Hall–Kier alpha value is -2.75. The predicted molar refractivity (Wildman–Crippen MR) is 97.5 cm³/mol. The van der Waals surface area contributed by atoms with Crippen LogP contribution in [0.25, 0.3) is 0 Å². The summed E-state index contributed by atoms with van der Waals surface area (Å²) in [6, 6.07) is 1.89. The van der Waals surface area contributed by atoms with Crippen molar-refractivity contribution >= 4 is 33.9 Å². The highest BCUT2D eigenvalue weighted by molar-refractivity contribution is 9.10. The topological polar surface area (TPSA) is 123 Å². The van der Waals surface area contributed by atoms with Crippen molar-refractivity contribution in [2.45, 2.75) is 13.0 Å². The van der Waals surface area contributed by atoms with Gasteiger partial charge in [0.1, 0.15) is 5.92 Å². The molecule has 2 rings (SSSR count). The van der Waals surface area contributed by atoms with Gasteiger partial charge in [-0.25, -0.2) is 9.59 Å². The lowest BCUT2D eigenvalue weighted by atomic mass is 9.89. The van der Waals surface area contributed by atoms with Crippen LogP contribution in [0.1, 0.15) is 18.5 Å². The predicted octanol–water partition coefficient (Wildman–Crippen LogP) is 1.97. The number of esters is 1. The molecule has 0 aliphatic carbocycles. The zero-order valence-corrected chi connectivity index (χ0v) is 16.3. The molecule has 1 heterocycles. The van der Waals surface area contributed by atoms with Gasteiger partial charge in [-0.15, -0.1) is 0 Å². The largest absolute Gasteiger partial charge is 0.493 e. The molecule has 0 bridgehead atoms. The molecule has 9 nitrogen and oxygen atoms in total. The number of rotatable bonds is 7. The summed E-state index contributed by atoms with van der Waals surface area (Å²) in [4.78, 5) is 35.0. The number of carboxylic acid groups (broad SMARTS) is 1. The van der Waals surface area contributed by atoms with Gasteiger partial charge in [-0.3, -0.25) is 4.79 Å². The van der Waals surface area contributed by atoms with Crippen molar-refractivity contribution in [1.82, 2.24) is 10.6 Å². The molecule has 0 aromatic heterocycles. The van der Waals surface area contributed by atoms with Gasteiger partial charge in [0.25, 0.3) is 0 Å². The van der Waals surface area contributed by atoms with Gasteiger partial charge in [0.2, 0.25) is 0 Å². The Balaban J connectivity index is 2.44. The van der Waals surface area contributed by atoms with E-state index in [4.69, 9.17) is 19.3 Å². The molecule has 2 atom stereocenters. The smallest absolute Gasteiger partial charge is 0.341 e. The molecule has 0 spiro atoms. The van der Waals surface area contributed by atoms with Gasteiger partial charge in [0.05, 0.1) is 24.2 Å². The van der Waals surface area contributed by atoms with E-state index in [1.165, 1.54) is 7.11 Å². The minimum atomic E-state index is -1.14. The van der Waals surface area contributed by atoms with Crippen LogP contribution in [0.2, 0.25) is 0 Å². The van der Waals surface area contributed by atoms with Gasteiger partial charge in [0, 0.05) is 5.70 Å². The van der Waals surface area contributed by atoms with Crippen molar-refractivity contribution in [1.29, 1.82) is 0 Å². The van der Waals surface area contributed by atoms with Crippen LogP contribution in [0.5, 0.6) is 11.5 Å². The van der Waals surface area contributed by atoms with Crippen molar-refractivity contribution in [2.75, 3.05) is 20.3 Å². The summed E-state index contributed by atoms with van der Waals surface area (Å²) in [5.74, 6) is -2.11. The van der Waals surface area contributed by atoms with Crippen molar-refractivity contribution in [3.63, 3.8) is 0 Å². The first-order chi connectivity index (χ1) is 12.8. The maximum Gasteiger partial charge on any atom is 0.341 e. The Morgan fingerprint density at radius 3 is 2.67 bits per heavy atom. The molecule has 10 heteroatoms. The molecular formula is C17H19BrN2O7. The number of ether oxygens (including phenoxy) is 3. The van der Waals surface area contributed by atoms with E-state index in [9.17, 15) is 14.4 Å². The summed E-state index contributed by atoms with van der Waals surface area (Å²) in [5, 5.41) is 14.0. The molecule has 2 amide bonds. The molecule has 1 aliphatic rings. The molecule has 146 valence electrons. The van der Waals surface area contributed by atoms with Crippen molar-refractivity contribution < 1.29 is 33.7 Å². The van der Waals surface area contributed by atoms with Gasteiger partial charge >= 0.3 is 18.0 Å². The molecule has 1 aromatic carbocycles. The summed E-state index contributed by atoms with van der Waals surface area (Å²) in [7, 11) is 1.39. The third-order valence-corrected chi connectivity index (χ3v) is 4.35. The fraction of sp³-hybridized carbons (Fsp3) is 0.353. The highest BCUT2D eigenvalue weighted by Crippen LogP contribution is 2.41. The number of urea groups is 1. The molecule has 27 heavy (non-hydrogen) atoms. The van der Waals surface area contributed by atoms with Crippen molar-refractivity contribution in [3.05, 3.63) is 34.4 Å². The average Bonchev–Trinajstić information content (AvgIpc) is 2.59. The summed E-state index contributed by atoms with van der Waals surface area (Å²) >= 11 is 3.31. The highest BCUT2D eigenvalue weighted by atomic mass is 79.9. The second kappa shape index (κ2) is 8.76. The van der Waals surface area contributed by atoms with E-state index in [-0.39, 0.29) is 23.8 Å². The number of carbonyl (C=O) groups excluding carboxylic acids is 2. The summed E-state index contributed by atoms with van der Waals surface area (Å²) < 4.78 is 16.0. The highest BCUT2D eigenvalue weighted by Gasteiger charge is 2.39. The Morgan fingerprint density at radius 1 is 1.37 bits per heavy atom. The Bertz CT molecular complexity index is 781. The van der Waals surface area contributed by atoms with Gasteiger partial charge in [-0.05, 0) is 40.5 Å². The average molecular weight is 443 g/mol. The van der Waals surface area contributed by atoms with Gasteiger partial charge in [-0.2, -0.15) is 0 Å². The van der Waals surface area contributed by atoms with E-state index >= 15 is 0 Å². The summed E-state index contributed by atoms with van der Waals surface area (Å²) in [6.07, 6.45) is 0. The number of aliphatic carboxylic acids is 1. The molecule has 1 saturated heterocycles. The standard InChI is InChI=1S/C17H19BrN2O7/c1-4-26-16(23)13-8(2)19-17(24)20-14(13)9-5-10(18)15(11(6-9)25-3)27-7-12(21)22/h5-6,13-14H,2,4,7H2,1,3H3,(H,21,22)(H2,19,20,24)/t13-,14+/m1/s1. The first-order valence-electron chi connectivity index (χ1n) is 7.93. The van der Waals surface area contributed by atoms with Crippen LogP contribution in [0, 0.1) is 5.92 Å². The van der Waals surface area contributed by atoms with E-state index < -0.39 is 36.5 Å². The second-order valence-electron chi connectivity index (χ2n) is 5.55. The monoisotopic (exact) mass is 442 g/mol. The Labute approximate surface area is 163 Å². The molecule has 1 aliphatic heterocycles. The minimum Gasteiger partial charge on any atom is -0.493 e. The summed E-state index contributed by atoms with van der Waals surface area (Å²) in [5.41, 5.74) is 0.735. The Morgan fingerprint density at radius 2 is 2.07 bits per heavy atom. The fourth-order valence-corrected chi connectivity index (χ4v) is 3.24. The van der Waals surface area contributed by atoms with E-state index in [1.54, 1.807) is 19.1 Å². The lowest BCUT2D eigenvalue weighted by Crippen LogP contribution is -2.51. The van der Waals surface area contributed by atoms with E-state index in [2.05, 4.69) is 33.1 Å². The van der Waals surface area contributed by atoms with E-state index in [1.807, 2.05) is 0 Å². The van der Waals surface area contributed by atoms with Crippen LogP contribution in [0.15, 0.2) is 28.9 Å². The first-order valence-corrected chi connectivity index (χ1v) is 8.72. The van der Waals surface area contributed by atoms with Crippen LogP contribution < -0.4 is 20.1 Å². The van der Waals surface area contributed by atoms with E-state index in [0.29, 0.717) is 10.0 Å². The summed E-state index contributed by atoms with van der Waals surface area (Å²) in [6.45, 7) is 5.05. The number of nitrogens with one attached hydrogen (secondary N) is 2. The third-order valence-electron chi connectivity index (χ3n) is 3.76. The lowest BCUT2D eigenvalue weighted by Gasteiger charge is -2.33. The molecule has 0 saturated carbocycles. The second-order valence-corrected chi connectivity index (χ2v) is 6.40. The number of carboxylic acids is 1. The Kier molecular flexibility index (Phi) is 6.67. The van der Waals surface area contributed by atoms with Crippen LogP contribution >= 0.6 is 15.9 Å². The molecule has 0 unspecified atom stereocenters. The van der Waals surface area contributed by atoms with Gasteiger partial charge < -0.3 is 30.0 Å². The molecule has 0 radical (unpaired) electrons. The van der Waals surface area contributed by atoms with Crippen LogP contribution in [0.3, 0.4) is 0 Å². The number of benzene rings is 1. The SMILES string of the molecule is C=C1NC(=O)N[C@@H](c2cc(Br)c(OCC(=O)O)c(OC)c2)[C@@H]1C(=O)OCC. The first kappa shape index (κ1) is 20.6. The van der Waals surface area contributed by atoms with Crippen molar-refractivity contribution in [3.8, 4) is 11.5 Å². The van der Waals surface area contributed by atoms with Gasteiger partial charge in [0.15, 0.2) is 18.1 Å². The molecular weight excluding hydrogens is 424 g/mol. The number of hydrogen-bond acceptors (Lipinski definition) is 6. The zero-order valence-electron chi connectivity index (χ0n) is 14.7. The number of carbonyl (C=O) groups is 3. The third kappa shape index (κ3) is 4.70. The number of halogens is 1. The van der Waals surface area contributed by atoms with Crippen LogP contribution in [-0.4, -0.2) is 43.4 Å². The zero-order chi connectivity index (χ0) is 20.1. The lowest BCUT2D eigenvalue weighted by molar-refractivity contribution is -0.148. The van der Waals surface area contributed by atoms with Crippen molar-refractivity contribution in [2.24, 2.45) is 5.92 Å². The molecule has 1 aromatic rings. The number of amides is 2. The van der Waals surface area contributed by atoms with Crippen LogP contribution in [-0.2, 0) is 14.3 Å². The normalized spacial score (nSPS) is 18.9. The number of hydrogen-bond donors (Lipinski definition) is 3. The van der Waals surface area contributed by atoms with E-state index in [0.717, 1.165) is 0 Å². The minimum absolute atomic E-state index is 0.179. The van der Waals surface area contributed by atoms with Gasteiger partial charge in [-0.1, -0.05) is 6.58 Å². The molecule has 1 fully saturated rings. The maximum atomic E-state index is 12.4. The maximum absolute atomic E-state index is 12.4. The van der Waals surface area contributed by atoms with Crippen LogP contribution in [0.4, 0.5) is 4.79 Å². The molecule has 3 N–H and O–H groups in total.